The summed E-state index contributed by atoms with van der Waals surface area (Å²) in [6.45, 7) is 8.93. The van der Waals surface area contributed by atoms with Gasteiger partial charge < -0.3 is 19.2 Å². The number of hydrogen-bond donors (Lipinski definition) is 1. The van der Waals surface area contributed by atoms with Crippen molar-refractivity contribution in [1.82, 2.24) is 4.90 Å². The molecule has 29 heavy (non-hydrogen) atoms. The zero-order valence-electron chi connectivity index (χ0n) is 17.3. The Morgan fingerprint density at radius 3 is 2.62 bits per heavy atom. The zero-order chi connectivity index (χ0) is 21.1. The Kier molecular flexibility index (Phi) is 6.11. The third-order valence-electron chi connectivity index (χ3n) is 4.84. The standard InChI is InChI=1S/C23H27NO5/c1-5-10-24-20(18-7-6-11-28-18)19(22(26)23(24)27)21(25)16-8-9-17(15(4)12-16)29-13-14(2)3/h6-9,11-12,14,20,25H,5,10,13H2,1-4H3/b21-19-. The summed E-state index contributed by atoms with van der Waals surface area (Å²) < 4.78 is 11.3. The van der Waals surface area contributed by atoms with Gasteiger partial charge in [0.2, 0.25) is 0 Å². The van der Waals surface area contributed by atoms with Crippen LogP contribution < -0.4 is 4.74 Å². The lowest BCUT2D eigenvalue weighted by molar-refractivity contribution is -0.140. The molecule has 1 fully saturated rings. The summed E-state index contributed by atoms with van der Waals surface area (Å²) in [6, 6.07) is 7.91. The lowest BCUT2D eigenvalue weighted by Gasteiger charge is -2.22. The third-order valence-corrected chi connectivity index (χ3v) is 4.84. The maximum atomic E-state index is 12.8. The summed E-state index contributed by atoms with van der Waals surface area (Å²) >= 11 is 0. The number of ether oxygens (including phenoxy) is 1. The Hall–Kier alpha value is -3.02. The van der Waals surface area contributed by atoms with E-state index in [-0.39, 0.29) is 11.3 Å². The summed E-state index contributed by atoms with van der Waals surface area (Å²) in [5.41, 5.74) is 1.35. The highest BCUT2D eigenvalue weighted by Gasteiger charge is 2.47. The molecule has 1 unspecified atom stereocenters. The van der Waals surface area contributed by atoms with Crippen molar-refractivity contribution in [3.05, 3.63) is 59.1 Å². The fourth-order valence-corrected chi connectivity index (χ4v) is 3.46. The van der Waals surface area contributed by atoms with Crippen LogP contribution in [0.4, 0.5) is 0 Å². The number of nitrogens with zero attached hydrogens (tertiary/aromatic N) is 1. The minimum Gasteiger partial charge on any atom is -0.507 e. The van der Waals surface area contributed by atoms with Crippen LogP contribution in [0.1, 0.15) is 50.1 Å². The summed E-state index contributed by atoms with van der Waals surface area (Å²) in [5.74, 6) is 0.0443. The number of aliphatic hydroxyl groups is 1. The fraction of sp³-hybridized carbons (Fsp3) is 0.391. The number of aliphatic hydroxyl groups excluding tert-OH is 1. The normalized spacial score (nSPS) is 18.7. The van der Waals surface area contributed by atoms with Gasteiger partial charge in [0, 0.05) is 12.1 Å². The van der Waals surface area contributed by atoms with Gasteiger partial charge in [0.15, 0.2) is 0 Å². The number of hydrogen-bond acceptors (Lipinski definition) is 5. The van der Waals surface area contributed by atoms with Crippen molar-refractivity contribution in [2.45, 2.75) is 40.2 Å². The SMILES string of the molecule is CCCN1C(=O)C(=O)/C(=C(\O)c2ccc(OCC(C)C)c(C)c2)C1c1ccco1. The molecule has 1 aromatic carbocycles. The molecule has 0 spiro atoms. The molecule has 1 aliphatic heterocycles. The van der Waals surface area contributed by atoms with E-state index in [9.17, 15) is 14.7 Å². The number of furan rings is 1. The second kappa shape index (κ2) is 8.55. The molecule has 1 atom stereocenters. The van der Waals surface area contributed by atoms with Crippen LogP contribution in [0.25, 0.3) is 5.76 Å². The highest BCUT2D eigenvalue weighted by molar-refractivity contribution is 6.46. The molecule has 154 valence electrons. The third kappa shape index (κ3) is 4.06. The minimum absolute atomic E-state index is 0.0497. The number of rotatable bonds is 7. The maximum Gasteiger partial charge on any atom is 0.295 e. The van der Waals surface area contributed by atoms with Crippen LogP contribution in [0.5, 0.6) is 5.75 Å². The van der Waals surface area contributed by atoms with Gasteiger partial charge in [-0.3, -0.25) is 9.59 Å². The van der Waals surface area contributed by atoms with Crippen molar-refractivity contribution < 1.29 is 23.8 Å². The molecule has 1 amide bonds. The molecule has 2 heterocycles. The first-order valence-corrected chi connectivity index (χ1v) is 9.90. The predicted octanol–water partition coefficient (Wildman–Crippen LogP) is 4.45. The van der Waals surface area contributed by atoms with E-state index in [0.717, 1.165) is 11.3 Å². The van der Waals surface area contributed by atoms with Crippen molar-refractivity contribution >= 4 is 17.4 Å². The smallest absolute Gasteiger partial charge is 0.295 e. The Morgan fingerprint density at radius 1 is 1.28 bits per heavy atom. The fourth-order valence-electron chi connectivity index (χ4n) is 3.46. The first-order chi connectivity index (χ1) is 13.8. The summed E-state index contributed by atoms with van der Waals surface area (Å²) in [4.78, 5) is 26.8. The molecular formula is C23H27NO5. The molecule has 0 saturated carbocycles. The molecule has 1 aromatic heterocycles. The van der Waals surface area contributed by atoms with Crippen LogP contribution >= 0.6 is 0 Å². The maximum absolute atomic E-state index is 12.8. The van der Waals surface area contributed by atoms with Crippen molar-refractivity contribution in [2.24, 2.45) is 5.92 Å². The predicted molar refractivity (Wildman–Crippen MR) is 110 cm³/mol. The monoisotopic (exact) mass is 397 g/mol. The lowest BCUT2D eigenvalue weighted by atomic mass is 9.98. The quantitative estimate of drug-likeness (QED) is 0.424. The number of amides is 1. The van der Waals surface area contributed by atoms with Gasteiger partial charge in [-0.2, -0.15) is 0 Å². The van der Waals surface area contributed by atoms with Gasteiger partial charge in [0.1, 0.15) is 23.3 Å². The molecule has 6 heteroatoms. The van der Waals surface area contributed by atoms with E-state index in [1.807, 2.05) is 13.8 Å². The lowest BCUT2D eigenvalue weighted by Crippen LogP contribution is -2.30. The van der Waals surface area contributed by atoms with Crippen LogP contribution in [0.15, 0.2) is 46.6 Å². The van der Waals surface area contributed by atoms with E-state index < -0.39 is 17.7 Å². The Morgan fingerprint density at radius 2 is 2.03 bits per heavy atom. The van der Waals surface area contributed by atoms with Gasteiger partial charge in [-0.1, -0.05) is 20.8 Å². The van der Waals surface area contributed by atoms with Crippen molar-refractivity contribution in [2.75, 3.05) is 13.2 Å². The van der Waals surface area contributed by atoms with E-state index >= 15 is 0 Å². The van der Waals surface area contributed by atoms with Crippen molar-refractivity contribution in [3.8, 4) is 5.75 Å². The van der Waals surface area contributed by atoms with Crippen molar-refractivity contribution in [3.63, 3.8) is 0 Å². The first-order valence-electron chi connectivity index (χ1n) is 9.90. The largest absolute Gasteiger partial charge is 0.507 e. The van der Waals surface area contributed by atoms with Gasteiger partial charge >= 0.3 is 0 Å². The average Bonchev–Trinajstić information content (AvgIpc) is 3.29. The van der Waals surface area contributed by atoms with Gasteiger partial charge in [0.05, 0.1) is 18.4 Å². The molecule has 2 aromatic rings. The van der Waals surface area contributed by atoms with Gasteiger partial charge in [-0.25, -0.2) is 0 Å². The number of carbonyl (C=O) groups excluding carboxylic acids is 2. The van der Waals surface area contributed by atoms with Gasteiger partial charge in [-0.15, -0.1) is 0 Å². The van der Waals surface area contributed by atoms with E-state index in [4.69, 9.17) is 9.15 Å². The molecule has 1 N–H and O–H groups in total. The van der Waals surface area contributed by atoms with Crippen LogP contribution in [0, 0.1) is 12.8 Å². The molecule has 0 bridgehead atoms. The molecule has 1 saturated heterocycles. The summed E-state index contributed by atoms with van der Waals surface area (Å²) in [5, 5.41) is 11.0. The van der Waals surface area contributed by atoms with E-state index in [1.54, 1.807) is 30.3 Å². The van der Waals surface area contributed by atoms with Gasteiger partial charge in [0.25, 0.3) is 11.7 Å². The first kappa shape index (κ1) is 20.7. The highest BCUT2D eigenvalue weighted by Crippen LogP contribution is 2.40. The molecule has 3 rings (SSSR count). The summed E-state index contributed by atoms with van der Waals surface area (Å²) in [6.07, 6.45) is 2.18. The number of ketones is 1. The Labute approximate surface area is 170 Å². The van der Waals surface area contributed by atoms with E-state index in [2.05, 4.69) is 13.8 Å². The number of carbonyl (C=O) groups is 2. The number of likely N-dealkylation sites (tertiary alicyclic amines) is 1. The average molecular weight is 397 g/mol. The van der Waals surface area contributed by atoms with Crippen LogP contribution in [0.3, 0.4) is 0 Å². The van der Waals surface area contributed by atoms with E-state index in [1.165, 1.54) is 11.2 Å². The number of Topliss-reactive ketones (excluding diaryl/α,β-unsaturated/α-hetero) is 1. The Balaban J connectivity index is 2.04. The van der Waals surface area contributed by atoms with E-state index in [0.29, 0.717) is 36.8 Å². The Bertz CT molecular complexity index is 927. The van der Waals surface area contributed by atoms with Crippen molar-refractivity contribution in [1.29, 1.82) is 0 Å². The van der Waals surface area contributed by atoms with Crippen LogP contribution in [0.2, 0.25) is 0 Å². The second-order valence-electron chi connectivity index (χ2n) is 7.69. The molecule has 6 nitrogen and oxygen atoms in total. The minimum atomic E-state index is -0.734. The van der Waals surface area contributed by atoms with Gasteiger partial charge in [-0.05, 0) is 55.2 Å². The molecular weight excluding hydrogens is 370 g/mol. The topological polar surface area (TPSA) is 80.0 Å². The second-order valence-corrected chi connectivity index (χ2v) is 7.69. The number of benzene rings is 1. The number of aryl methyl sites for hydroxylation is 1. The molecule has 0 aliphatic carbocycles. The summed E-state index contributed by atoms with van der Waals surface area (Å²) in [7, 11) is 0. The zero-order valence-corrected chi connectivity index (χ0v) is 17.3. The molecule has 1 aliphatic rings. The van der Waals surface area contributed by atoms with Crippen LogP contribution in [-0.4, -0.2) is 34.8 Å². The van der Waals surface area contributed by atoms with Crippen LogP contribution in [-0.2, 0) is 9.59 Å². The molecule has 0 radical (unpaired) electrons. The highest BCUT2D eigenvalue weighted by atomic mass is 16.5.